The van der Waals surface area contributed by atoms with Crippen LogP contribution in [0.5, 0.6) is 0 Å². The minimum Gasteiger partial charge on any atom is -0.469 e. The van der Waals surface area contributed by atoms with Gasteiger partial charge in [0.2, 0.25) is 10.0 Å². The predicted molar refractivity (Wildman–Crippen MR) is 77.0 cm³/mol. The number of hydrogen-bond acceptors (Lipinski definition) is 4. The Kier molecular flexibility index (Phi) is 5.71. The SMILES string of the molecule is CCN(CCC(=O)OC)S(=O)(=O)c1ccc(C)cc1C. The van der Waals surface area contributed by atoms with Crippen molar-refractivity contribution in [3.8, 4) is 0 Å². The van der Waals surface area contributed by atoms with Crippen LogP contribution in [-0.4, -0.2) is 38.9 Å². The van der Waals surface area contributed by atoms with Crippen LogP contribution in [0.1, 0.15) is 24.5 Å². The van der Waals surface area contributed by atoms with Gasteiger partial charge in [0, 0.05) is 13.1 Å². The van der Waals surface area contributed by atoms with Crippen LogP contribution in [0.2, 0.25) is 0 Å². The normalized spacial score (nSPS) is 11.7. The molecule has 0 aliphatic rings. The minimum atomic E-state index is -3.58. The average Bonchev–Trinajstić information content (AvgIpc) is 2.38. The average molecular weight is 299 g/mol. The molecule has 0 amide bonds. The van der Waals surface area contributed by atoms with E-state index in [1.165, 1.54) is 11.4 Å². The number of aryl methyl sites for hydroxylation is 2. The summed E-state index contributed by atoms with van der Waals surface area (Å²) in [5.41, 5.74) is 1.72. The van der Waals surface area contributed by atoms with Crippen molar-refractivity contribution in [1.29, 1.82) is 0 Å². The maximum atomic E-state index is 12.6. The van der Waals surface area contributed by atoms with Crippen LogP contribution in [-0.2, 0) is 19.6 Å². The Morgan fingerprint density at radius 3 is 2.45 bits per heavy atom. The Bertz CT molecular complexity index is 581. The van der Waals surface area contributed by atoms with Gasteiger partial charge in [-0.2, -0.15) is 4.31 Å². The zero-order chi connectivity index (χ0) is 15.3. The van der Waals surface area contributed by atoms with Crippen molar-refractivity contribution in [2.75, 3.05) is 20.2 Å². The van der Waals surface area contributed by atoms with Crippen LogP contribution in [0.25, 0.3) is 0 Å². The first kappa shape index (κ1) is 16.7. The number of carbonyl (C=O) groups is 1. The van der Waals surface area contributed by atoms with Crippen LogP contribution in [0.4, 0.5) is 0 Å². The van der Waals surface area contributed by atoms with Gasteiger partial charge in [0.25, 0.3) is 0 Å². The van der Waals surface area contributed by atoms with Crippen molar-refractivity contribution in [3.05, 3.63) is 29.3 Å². The summed E-state index contributed by atoms with van der Waals surface area (Å²) in [6.07, 6.45) is 0.0501. The molecule has 0 aromatic heterocycles. The smallest absolute Gasteiger partial charge is 0.306 e. The molecule has 0 bridgehead atoms. The quantitative estimate of drug-likeness (QED) is 0.752. The monoisotopic (exact) mass is 299 g/mol. The molecule has 1 rings (SSSR count). The highest BCUT2D eigenvalue weighted by atomic mass is 32.2. The zero-order valence-electron chi connectivity index (χ0n) is 12.3. The van der Waals surface area contributed by atoms with Gasteiger partial charge in [-0.3, -0.25) is 4.79 Å². The Balaban J connectivity index is 3.02. The number of methoxy groups -OCH3 is 1. The van der Waals surface area contributed by atoms with E-state index in [4.69, 9.17) is 0 Å². The lowest BCUT2D eigenvalue weighted by Crippen LogP contribution is -2.33. The summed E-state index contributed by atoms with van der Waals surface area (Å²) in [6, 6.07) is 5.22. The van der Waals surface area contributed by atoms with Gasteiger partial charge in [0.15, 0.2) is 0 Å². The maximum Gasteiger partial charge on any atom is 0.306 e. The number of esters is 1. The van der Waals surface area contributed by atoms with Crippen LogP contribution >= 0.6 is 0 Å². The molecule has 0 radical (unpaired) electrons. The van der Waals surface area contributed by atoms with Gasteiger partial charge >= 0.3 is 5.97 Å². The number of sulfonamides is 1. The molecule has 5 nitrogen and oxygen atoms in total. The maximum absolute atomic E-state index is 12.6. The van der Waals surface area contributed by atoms with E-state index in [2.05, 4.69) is 4.74 Å². The molecule has 0 saturated carbocycles. The zero-order valence-corrected chi connectivity index (χ0v) is 13.2. The molecule has 0 N–H and O–H groups in total. The Labute approximate surface area is 120 Å². The highest BCUT2D eigenvalue weighted by Crippen LogP contribution is 2.21. The fourth-order valence-corrected chi connectivity index (χ4v) is 3.65. The third kappa shape index (κ3) is 3.80. The number of hydrogen-bond donors (Lipinski definition) is 0. The molecule has 0 aliphatic heterocycles. The van der Waals surface area contributed by atoms with Crippen molar-refractivity contribution in [1.82, 2.24) is 4.31 Å². The lowest BCUT2D eigenvalue weighted by atomic mass is 10.2. The molecule has 0 heterocycles. The summed E-state index contributed by atoms with van der Waals surface area (Å²) < 4.78 is 31.0. The second kappa shape index (κ2) is 6.85. The number of nitrogens with zero attached hydrogens (tertiary/aromatic N) is 1. The number of rotatable bonds is 6. The molecule has 0 fully saturated rings. The number of benzene rings is 1. The fraction of sp³-hybridized carbons (Fsp3) is 0.500. The first-order valence-electron chi connectivity index (χ1n) is 6.47. The van der Waals surface area contributed by atoms with Gasteiger partial charge in [-0.25, -0.2) is 8.42 Å². The van der Waals surface area contributed by atoms with Crippen molar-refractivity contribution in [2.24, 2.45) is 0 Å². The first-order valence-corrected chi connectivity index (χ1v) is 7.91. The summed E-state index contributed by atoms with van der Waals surface area (Å²) >= 11 is 0. The van der Waals surface area contributed by atoms with E-state index in [9.17, 15) is 13.2 Å². The minimum absolute atomic E-state index is 0.0501. The van der Waals surface area contributed by atoms with Crippen molar-refractivity contribution >= 4 is 16.0 Å². The Hall–Kier alpha value is -1.40. The van der Waals surface area contributed by atoms with E-state index in [0.29, 0.717) is 12.1 Å². The number of ether oxygens (including phenoxy) is 1. The lowest BCUT2D eigenvalue weighted by molar-refractivity contribution is -0.140. The van der Waals surface area contributed by atoms with Gasteiger partial charge in [-0.05, 0) is 25.5 Å². The van der Waals surface area contributed by atoms with Gasteiger partial charge in [0.05, 0.1) is 18.4 Å². The second-order valence-electron chi connectivity index (χ2n) is 4.59. The summed E-state index contributed by atoms with van der Waals surface area (Å²) in [4.78, 5) is 11.5. The molecule has 0 aliphatic carbocycles. The highest BCUT2D eigenvalue weighted by Gasteiger charge is 2.25. The third-order valence-corrected chi connectivity index (χ3v) is 5.23. The lowest BCUT2D eigenvalue weighted by Gasteiger charge is -2.21. The van der Waals surface area contributed by atoms with E-state index >= 15 is 0 Å². The Morgan fingerprint density at radius 1 is 1.30 bits per heavy atom. The highest BCUT2D eigenvalue weighted by molar-refractivity contribution is 7.89. The molecule has 1 aromatic carbocycles. The van der Waals surface area contributed by atoms with E-state index in [1.807, 2.05) is 13.0 Å². The standard InChI is InChI=1S/C14H21NO4S/c1-5-15(9-8-14(16)19-4)20(17,18)13-7-6-11(2)10-12(13)3/h6-7,10H,5,8-9H2,1-4H3. The van der Waals surface area contributed by atoms with Gasteiger partial charge in [-0.1, -0.05) is 24.6 Å². The molecule has 0 atom stereocenters. The van der Waals surface area contributed by atoms with Gasteiger partial charge in [0.1, 0.15) is 0 Å². The van der Waals surface area contributed by atoms with Crippen molar-refractivity contribution in [2.45, 2.75) is 32.1 Å². The van der Waals surface area contributed by atoms with Crippen molar-refractivity contribution in [3.63, 3.8) is 0 Å². The number of carbonyl (C=O) groups excluding carboxylic acids is 1. The first-order chi connectivity index (χ1) is 9.32. The third-order valence-electron chi connectivity index (χ3n) is 3.09. The topological polar surface area (TPSA) is 63.7 Å². The van der Waals surface area contributed by atoms with Crippen LogP contribution in [0.15, 0.2) is 23.1 Å². The van der Waals surface area contributed by atoms with E-state index in [0.717, 1.165) is 5.56 Å². The summed E-state index contributed by atoms with van der Waals surface area (Å²) in [6.45, 7) is 5.87. The summed E-state index contributed by atoms with van der Waals surface area (Å²) in [7, 11) is -2.29. The largest absolute Gasteiger partial charge is 0.469 e. The van der Waals surface area contributed by atoms with E-state index < -0.39 is 16.0 Å². The summed E-state index contributed by atoms with van der Waals surface area (Å²) in [5, 5.41) is 0. The van der Waals surface area contributed by atoms with Crippen molar-refractivity contribution < 1.29 is 17.9 Å². The Morgan fingerprint density at radius 2 is 1.95 bits per heavy atom. The molecule has 1 aromatic rings. The van der Waals surface area contributed by atoms with E-state index in [1.54, 1.807) is 26.0 Å². The fourth-order valence-electron chi connectivity index (χ4n) is 1.99. The van der Waals surface area contributed by atoms with Crippen LogP contribution < -0.4 is 0 Å². The van der Waals surface area contributed by atoms with E-state index in [-0.39, 0.29) is 17.9 Å². The van der Waals surface area contributed by atoms with Gasteiger partial charge < -0.3 is 4.74 Å². The molecule has 6 heteroatoms. The molecule has 20 heavy (non-hydrogen) atoms. The molecular weight excluding hydrogens is 278 g/mol. The molecule has 0 spiro atoms. The van der Waals surface area contributed by atoms with Crippen LogP contribution in [0.3, 0.4) is 0 Å². The molecule has 0 saturated heterocycles. The van der Waals surface area contributed by atoms with Crippen LogP contribution in [0, 0.1) is 13.8 Å². The second-order valence-corrected chi connectivity index (χ2v) is 6.50. The molecule has 0 unspecified atom stereocenters. The van der Waals surface area contributed by atoms with Gasteiger partial charge in [-0.15, -0.1) is 0 Å². The molecule has 112 valence electrons. The molecular formula is C14H21NO4S. The summed E-state index contributed by atoms with van der Waals surface area (Å²) in [5.74, 6) is -0.417. The predicted octanol–water partition coefficient (Wildman–Crippen LogP) is 1.88.